The molecule has 1 aliphatic heterocycles. The van der Waals surface area contributed by atoms with Crippen molar-refractivity contribution in [3.8, 4) is 0 Å². The van der Waals surface area contributed by atoms with E-state index in [0.29, 0.717) is 12.1 Å². The van der Waals surface area contributed by atoms with Crippen LogP contribution in [0, 0.1) is 5.82 Å². The van der Waals surface area contributed by atoms with E-state index >= 15 is 0 Å². The lowest BCUT2D eigenvalue weighted by atomic mass is 10.1. The number of carbonyl (C=O) groups is 1. The number of carbonyl (C=O) groups excluding carboxylic acids is 1. The van der Waals surface area contributed by atoms with Crippen molar-refractivity contribution in [1.29, 1.82) is 0 Å². The summed E-state index contributed by atoms with van der Waals surface area (Å²) in [7, 11) is 0. The molecule has 0 aromatic heterocycles. The predicted molar refractivity (Wildman–Crippen MR) is 80.0 cm³/mol. The molecule has 0 bridgehead atoms. The average Bonchev–Trinajstić information content (AvgIpc) is 2.53. The van der Waals surface area contributed by atoms with E-state index in [1.165, 1.54) is 18.2 Å². The third kappa shape index (κ3) is 5.59. The quantitative estimate of drug-likeness (QED) is 0.715. The number of hydrogen-bond acceptors (Lipinski definition) is 4. The van der Waals surface area contributed by atoms with Crippen LogP contribution in [0.15, 0.2) is 24.3 Å². The molecule has 3 N–H and O–H groups in total. The molecule has 1 heterocycles. The van der Waals surface area contributed by atoms with Crippen LogP contribution < -0.4 is 10.6 Å². The van der Waals surface area contributed by atoms with E-state index in [2.05, 4.69) is 15.5 Å². The molecule has 1 aromatic carbocycles. The molecule has 0 aliphatic carbocycles. The molecule has 2 rings (SSSR count). The first-order valence-corrected chi connectivity index (χ1v) is 7.40. The summed E-state index contributed by atoms with van der Waals surface area (Å²) in [5.74, 6) is -0.411. The number of rotatable bonds is 6. The van der Waals surface area contributed by atoms with Crippen molar-refractivity contribution in [2.45, 2.75) is 6.10 Å². The van der Waals surface area contributed by atoms with Crippen molar-refractivity contribution >= 4 is 6.03 Å². The standard InChI is InChI=1S/C15H22FN3O3/c16-13-3-1-2-12(10-13)14(20)11-18-15(21)17-4-5-19-6-8-22-9-7-19/h1-3,10,14,20H,4-9,11H2,(H2,17,18,21)/t14-/m0/s1. The Balaban J connectivity index is 1.62. The second-order valence-corrected chi connectivity index (χ2v) is 5.16. The summed E-state index contributed by atoms with van der Waals surface area (Å²) in [5, 5.41) is 15.2. The van der Waals surface area contributed by atoms with Crippen molar-refractivity contribution in [3.63, 3.8) is 0 Å². The van der Waals surface area contributed by atoms with Crippen LogP contribution in [-0.4, -0.2) is 62.0 Å². The molecule has 6 nitrogen and oxygen atoms in total. The number of morpholine rings is 1. The van der Waals surface area contributed by atoms with Crippen molar-refractivity contribution < 1.29 is 19.0 Å². The molecule has 1 saturated heterocycles. The van der Waals surface area contributed by atoms with Gasteiger partial charge in [0.15, 0.2) is 0 Å². The summed E-state index contributed by atoms with van der Waals surface area (Å²) in [6.45, 7) is 4.54. The molecule has 1 atom stereocenters. The second-order valence-electron chi connectivity index (χ2n) is 5.16. The Labute approximate surface area is 129 Å². The second kappa shape index (κ2) is 8.67. The first-order chi connectivity index (χ1) is 10.6. The summed E-state index contributed by atoms with van der Waals surface area (Å²) in [4.78, 5) is 13.9. The first kappa shape index (κ1) is 16.7. The Kier molecular flexibility index (Phi) is 6.57. The summed E-state index contributed by atoms with van der Waals surface area (Å²) in [6.07, 6.45) is -0.930. The predicted octanol–water partition coefficient (Wildman–Crippen LogP) is 0.491. The van der Waals surface area contributed by atoms with Gasteiger partial charge < -0.3 is 20.5 Å². The Morgan fingerprint density at radius 1 is 1.36 bits per heavy atom. The summed E-state index contributed by atoms with van der Waals surface area (Å²) >= 11 is 0. The minimum absolute atomic E-state index is 0.0346. The number of aliphatic hydroxyl groups is 1. The number of nitrogens with zero attached hydrogens (tertiary/aromatic N) is 1. The highest BCUT2D eigenvalue weighted by Gasteiger charge is 2.12. The summed E-state index contributed by atoms with van der Waals surface area (Å²) in [6, 6.07) is 5.36. The van der Waals surface area contributed by atoms with Crippen LogP contribution in [0.3, 0.4) is 0 Å². The number of ether oxygens (including phenoxy) is 1. The van der Waals surface area contributed by atoms with Gasteiger partial charge in [-0.15, -0.1) is 0 Å². The van der Waals surface area contributed by atoms with Gasteiger partial charge in [-0.3, -0.25) is 4.90 Å². The number of urea groups is 1. The molecule has 2 amide bonds. The highest BCUT2D eigenvalue weighted by Crippen LogP contribution is 2.12. The van der Waals surface area contributed by atoms with Crippen molar-refractivity contribution in [1.82, 2.24) is 15.5 Å². The summed E-state index contributed by atoms with van der Waals surface area (Å²) < 4.78 is 18.3. The molecule has 1 fully saturated rings. The smallest absolute Gasteiger partial charge is 0.314 e. The molecule has 22 heavy (non-hydrogen) atoms. The van der Waals surface area contributed by atoms with Crippen molar-refractivity contribution in [2.75, 3.05) is 45.9 Å². The van der Waals surface area contributed by atoms with Crippen LogP contribution in [0.2, 0.25) is 0 Å². The van der Waals surface area contributed by atoms with Gasteiger partial charge >= 0.3 is 6.03 Å². The maximum Gasteiger partial charge on any atom is 0.314 e. The van der Waals surface area contributed by atoms with Crippen LogP contribution in [0.1, 0.15) is 11.7 Å². The fourth-order valence-electron chi connectivity index (χ4n) is 2.24. The van der Waals surface area contributed by atoms with Crippen LogP contribution >= 0.6 is 0 Å². The third-order valence-corrected chi connectivity index (χ3v) is 3.51. The lowest BCUT2D eigenvalue weighted by Crippen LogP contribution is -2.44. The largest absolute Gasteiger partial charge is 0.387 e. The first-order valence-electron chi connectivity index (χ1n) is 7.40. The highest BCUT2D eigenvalue weighted by molar-refractivity contribution is 5.73. The molecule has 1 aromatic rings. The SMILES string of the molecule is O=C(NCCN1CCOCC1)NC[C@H](O)c1cccc(F)c1. The van der Waals surface area contributed by atoms with Gasteiger partial charge in [-0.05, 0) is 17.7 Å². The monoisotopic (exact) mass is 311 g/mol. The molecule has 0 unspecified atom stereocenters. The molecule has 122 valence electrons. The van der Waals surface area contributed by atoms with Gasteiger partial charge in [-0.1, -0.05) is 12.1 Å². The number of halogens is 1. The fourth-order valence-corrected chi connectivity index (χ4v) is 2.24. The van der Waals surface area contributed by atoms with Gasteiger partial charge in [-0.25, -0.2) is 9.18 Å². The lowest BCUT2D eigenvalue weighted by molar-refractivity contribution is 0.0387. The zero-order chi connectivity index (χ0) is 15.8. The molecular weight excluding hydrogens is 289 g/mol. The Morgan fingerprint density at radius 3 is 2.86 bits per heavy atom. The Bertz CT molecular complexity index is 481. The van der Waals surface area contributed by atoms with Crippen LogP contribution in [0.5, 0.6) is 0 Å². The van der Waals surface area contributed by atoms with E-state index in [0.717, 1.165) is 32.8 Å². The molecular formula is C15H22FN3O3. The highest BCUT2D eigenvalue weighted by atomic mass is 19.1. The van der Waals surface area contributed by atoms with Gasteiger partial charge in [0.1, 0.15) is 5.82 Å². The number of benzene rings is 1. The van der Waals surface area contributed by atoms with Crippen molar-refractivity contribution in [3.05, 3.63) is 35.6 Å². The van der Waals surface area contributed by atoms with E-state index in [4.69, 9.17) is 4.74 Å². The number of aliphatic hydroxyl groups excluding tert-OH is 1. The molecule has 1 aliphatic rings. The number of nitrogens with one attached hydrogen (secondary N) is 2. The van der Waals surface area contributed by atoms with Gasteiger partial charge in [-0.2, -0.15) is 0 Å². The Hall–Kier alpha value is -1.70. The van der Waals surface area contributed by atoms with Crippen molar-refractivity contribution in [2.24, 2.45) is 0 Å². The van der Waals surface area contributed by atoms with E-state index in [1.54, 1.807) is 6.07 Å². The average molecular weight is 311 g/mol. The maximum atomic E-state index is 13.0. The zero-order valence-corrected chi connectivity index (χ0v) is 12.4. The van der Waals surface area contributed by atoms with E-state index in [9.17, 15) is 14.3 Å². The van der Waals surface area contributed by atoms with Gasteiger partial charge in [0.2, 0.25) is 0 Å². The minimum Gasteiger partial charge on any atom is -0.387 e. The fraction of sp³-hybridized carbons (Fsp3) is 0.533. The van der Waals surface area contributed by atoms with Crippen LogP contribution in [0.4, 0.5) is 9.18 Å². The topological polar surface area (TPSA) is 73.8 Å². The minimum atomic E-state index is -0.930. The van der Waals surface area contributed by atoms with E-state index in [1.807, 2.05) is 0 Å². The lowest BCUT2D eigenvalue weighted by Gasteiger charge is -2.26. The third-order valence-electron chi connectivity index (χ3n) is 3.51. The molecule has 0 spiro atoms. The van der Waals surface area contributed by atoms with Crippen LogP contribution in [0.25, 0.3) is 0 Å². The summed E-state index contributed by atoms with van der Waals surface area (Å²) in [5.41, 5.74) is 0.439. The van der Waals surface area contributed by atoms with Gasteiger partial charge in [0.05, 0.1) is 19.3 Å². The number of amides is 2. The maximum absolute atomic E-state index is 13.0. The van der Waals surface area contributed by atoms with E-state index in [-0.39, 0.29) is 12.6 Å². The van der Waals surface area contributed by atoms with E-state index < -0.39 is 11.9 Å². The zero-order valence-electron chi connectivity index (χ0n) is 12.4. The molecule has 0 radical (unpaired) electrons. The number of hydrogen-bond donors (Lipinski definition) is 3. The Morgan fingerprint density at radius 2 is 2.14 bits per heavy atom. The molecule has 0 saturated carbocycles. The molecule has 7 heteroatoms. The van der Waals surface area contributed by atoms with Gasteiger partial charge in [0, 0.05) is 32.7 Å². The van der Waals surface area contributed by atoms with Crippen LogP contribution in [-0.2, 0) is 4.74 Å². The normalized spacial score (nSPS) is 17.0. The van der Waals surface area contributed by atoms with Gasteiger partial charge in [0.25, 0.3) is 0 Å².